The molecular formula is C15H13N3O2S. The Bertz CT molecular complexity index is 708. The fraction of sp³-hybridized carbons (Fsp3) is 0.133. The minimum Gasteiger partial charge on any atom is -0.438 e. The molecule has 0 saturated carbocycles. The molecule has 0 bridgehead atoms. The maximum absolute atomic E-state index is 11.7. The minimum absolute atomic E-state index is 0.221. The van der Waals surface area contributed by atoms with Crippen LogP contribution in [0, 0.1) is 0 Å². The molecule has 3 aromatic rings. The highest BCUT2D eigenvalue weighted by molar-refractivity contribution is 7.13. The number of carbonyl (C=O) groups excluding carboxylic acids is 1. The van der Waals surface area contributed by atoms with Crippen molar-refractivity contribution in [2.75, 3.05) is 6.54 Å². The number of hydrogen-bond acceptors (Lipinski definition) is 5. The molecule has 1 aromatic carbocycles. The number of amides is 1. The van der Waals surface area contributed by atoms with Crippen molar-refractivity contribution in [3.63, 3.8) is 0 Å². The second-order valence-corrected chi connectivity index (χ2v) is 5.24. The van der Waals surface area contributed by atoms with Crippen LogP contribution in [-0.4, -0.2) is 22.4 Å². The second-order valence-electron chi connectivity index (χ2n) is 4.38. The Labute approximate surface area is 125 Å². The molecule has 1 N–H and O–H groups in total. The molecule has 0 radical (unpaired) electrons. The predicted molar refractivity (Wildman–Crippen MR) is 80.1 cm³/mol. The summed E-state index contributed by atoms with van der Waals surface area (Å²) in [6.07, 6.45) is 3.32. The van der Waals surface area contributed by atoms with Crippen LogP contribution in [0.5, 0.6) is 0 Å². The van der Waals surface area contributed by atoms with Crippen molar-refractivity contribution < 1.29 is 9.21 Å². The summed E-state index contributed by atoms with van der Waals surface area (Å²) in [6.45, 7) is 0.511. The fourth-order valence-corrected chi connectivity index (χ4v) is 2.71. The Morgan fingerprint density at radius 1 is 1.29 bits per heavy atom. The first-order valence-corrected chi connectivity index (χ1v) is 7.37. The SMILES string of the molecule is O=C(NCCc1csc(-c2ccccc2)n1)c1cnco1. The lowest BCUT2D eigenvalue weighted by molar-refractivity contribution is 0.0926. The molecule has 0 saturated heterocycles. The van der Waals surface area contributed by atoms with Crippen molar-refractivity contribution in [3.8, 4) is 10.6 Å². The molecule has 0 aliphatic heterocycles. The number of carbonyl (C=O) groups is 1. The van der Waals surface area contributed by atoms with Gasteiger partial charge in [-0.05, 0) is 0 Å². The molecular weight excluding hydrogens is 286 g/mol. The van der Waals surface area contributed by atoms with Crippen LogP contribution in [0.2, 0.25) is 0 Å². The molecule has 3 rings (SSSR count). The summed E-state index contributed by atoms with van der Waals surface area (Å²) in [5.74, 6) is -0.0377. The summed E-state index contributed by atoms with van der Waals surface area (Å²) in [4.78, 5) is 19.9. The summed E-state index contributed by atoms with van der Waals surface area (Å²) >= 11 is 1.61. The third-order valence-electron chi connectivity index (χ3n) is 2.90. The minimum atomic E-state index is -0.258. The average Bonchev–Trinajstić information content (AvgIpc) is 3.20. The van der Waals surface area contributed by atoms with Gasteiger partial charge in [-0.2, -0.15) is 0 Å². The lowest BCUT2D eigenvalue weighted by Crippen LogP contribution is -2.25. The van der Waals surface area contributed by atoms with E-state index in [1.807, 2.05) is 35.7 Å². The molecule has 6 heteroatoms. The van der Waals surface area contributed by atoms with Crippen molar-refractivity contribution in [1.82, 2.24) is 15.3 Å². The number of oxazole rings is 1. The molecule has 0 atom stereocenters. The molecule has 21 heavy (non-hydrogen) atoms. The Kier molecular flexibility index (Phi) is 4.07. The number of hydrogen-bond donors (Lipinski definition) is 1. The maximum atomic E-state index is 11.7. The van der Waals surface area contributed by atoms with Gasteiger partial charge >= 0.3 is 0 Å². The van der Waals surface area contributed by atoms with Crippen LogP contribution in [0.25, 0.3) is 10.6 Å². The van der Waals surface area contributed by atoms with Gasteiger partial charge in [0.05, 0.1) is 11.9 Å². The third-order valence-corrected chi connectivity index (χ3v) is 3.84. The van der Waals surface area contributed by atoms with E-state index in [0.717, 1.165) is 16.3 Å². The van der Waals surface area contributed by atoms with Gasteiger partial charge in [0.25, 0.3) is 5.91 Å². The number of nitrogens with one attached hydrogen (secondary N) is 1. The normalized spacial score (nSPS) is 10.5. The lowest BCUT2D eigenvalue weighted by Gasteiger charge is -2.00. The summed E-state index contributed by atoms with van der Waals surface area (Å²) in [5, 5.41) is 5.78. The quantitative estimate of drug-likeness (QED) is 0.786. The zero-order valence-corrected chi connectivity index (χ0v) is 12.0. The largest absolute Gasteiger partial charge is 0.438 e. The van der Waals surface area contributed by atoms with Gasteiger partial charge in [-0.15, -0.1) is 11.3 Å². The highest BCUT2D eigenvalue weighted by Crippen LogP contribution is 2.23. The van der Waals surface area contributed by atoms with Crippen LogP contribution in [0.4, 0.5) is 0 Å². The van der Waals surface area contributed by atoms with Crippen molar-refractivity contribution in [2.45, 2.75) is 6.42 Å². The van der Waals surface area contributed by atoms with Gasteiger partial charge in [0.15, 0.2) is 6.39 Å². The predicted octanol–water partition coefficient (Wildman–Crippen LogP) is 2.77. The Morgan fingerprint density at radius 2 is 2.14 bits per heavy atom. The van der Waals surface area contributed by atoms with Gasteiger partial charge < -0.3 is 9.73 Å². The van der Waals surface area contributed by atoms with Crippen LogP contribution >= 0.6 is 11.3 Å². The number of rotatable bonds is 5. The van der Waals surface area contributed by atoms with Crippen LogP contribution in [-0.2, 0) is 6.42 Å². The van der Waals surface area contributed by atoms with E-state index in [1.54, 1.807) is 11.3 Å². The third kappa shape index (κ3) is 3.35. The standard InChI is InChI=1S/C15H13N3O2S/c19-14(13-8-16-10-20-13)17-7-6-12-9-21-15(18-12)11-4-2-1-3-5-11/h1-5,8-10H,6-7H2,(H,17,19). The molecule has 0 aliphatic rings. The first kappa shape index (κ1) is 13.5. The van der Waals surface area contributed by atoms with E-state index in [1.165, 1.54) is 12.6 Å². The van der Waals surface area contributed by atoms with Crippen molar-refractivity contribution in [1.29, 1.82) is 0 Å². The number of benzene rings is 1. The van der Waals surface area contributed by atoms with E-state index in [-0.39, 0.29) is 11.7 Å². The molecule has 106 valence electrons. The van der Waals surface area contributed by atoms with Crippen LogP contribution in [0.15, 0.2) is 52.7 Å². The zero-order valence-electron chi connectivity index (χ0n) is 11.2. The molecule has 0 aliphatic carbocycles. The Balaban J connectivity index is 1.55. The first-order valence-electron chi connectivity index (χ1n) is 6.49. The summed E-state index contributed by atoms with van der Waals surface area (Å²) in [6, 6.07) is 10.0. The summed E-state index contributed by atoms with van der Waals surface area (Å²) in [5.41, 5.74) is 2.08. The second kappa shape index (κ2) is 6.32. The van der Waals surface area contributed by atoms with Crippen LogP contribution in [0.1, 0.15) is 16.2 Å². The lowest BCUT2D eigenvalue weighted by atomic mass is 10.2. The van der Waals surface area contributed by atoms with E-state index in [2.05, 4.69) is 15.3 Å². The smallest absolute Gasteiger partial charge is 0.288 e. The van der Waals surface area contributed by atoms with Crippen molar-refractivity contribution >= 4 is 17.2 Å². The maximum Gasteiger partial charge on any atom is 0.288 e. The van der Waals surface area contributed by atoms with Crippen molar-refractivity contribution in [2.24, 2.45) is 0 Å². The Hall–Kier alpha value is -2.47. The van der Waals surface area contributed by atoms with Gasteiger partial charge in [-0.25, -0.2) is 9.97 Å². The zero-order chi connectivity index (χ0) is 14.5. The summed E-state index contributed by atoms with van der Waals surface area (Å²) in [7, 11) is 0. The van der Waals surface area contributed by atoms with E-state index in [9.17, 15) is 4.79 Å². The number of aromatic nitrogens is 2. The average molecular weight is 299 g/mol. The van der Waals surface area contributed by atoms with Crippen molar-refractivity contribution in [3.05, 3.63) is 59.8 Å². The van der Waals surface area contributed by atoms with E-state index < -0.39 is 0 Å². The molecule has 0 spiro atoms. The van der Waals surface area contributed by atoms with Gasteiger partial charge in [-0.3, -0.25) is 4.79 Å². The van der Waals surface area contributed by atoms with Crippen LogP contribution in [0.3, 0.4) is 0 Å². The first-order chi connectivity index (χ1) is 10.3. The van der Waals surface area contributed by atoms with E-state index in [4.69, 9.17) is 4.42 Å². The topological polar surface area (TPSA) is 68.0 Å². The molecule has 1 amide bonds. The summed E-state index contributed by atoms with van der Waals surface area (Å²) < 4.78 is 4.92. The monoisotopic (exact) mass is 299 g/mol. The van der Waals surface area contributed by atoms with Gasteiger partial charge in [0.2, 0.25) is 5.76 Å². The van der Waals surface area contributed by atoms with Crippen LogP contribution < -0.4 is 5.32 Å². The molecule has 0 fully saturated rings. The molecule has 2 aromatic heterocycles. The number of nitrogens with zero attached hydrogens (tertiary/aromatic N) is 2. The van der Waals surface area contributed by atoms with E-state index in [0.29, 0.717) is 13.0 Å². The molecule has 2 heterocycles. The van der Waals surface area contributed by atoms with Gasteiger partial charge in [-0.1, -0.05) is 30.3 Å². The van der Waals surface area contributed by atoms with Gasteiger partial charge in [0, 0.05) is 23.9 Å². The van der Waals surface area contributed by atoms with E-state index >= 15 is 0 Å². The fourth-order valence-electron chi connectivity index (χ4n) is 1.85. The highest BCUT2D eigenvalue weighted by atomic mass is 32.1. The Morgan fingerprint density at radius 3 is 2.90 bits per heavy atom. The molecule has 0 unspecified atom stereocenters. The molecule has 5 nitrogen and oxygen atoms in total. The highest BCUT2D eigenvalue weighted by Gasteiger charge is 2.09. The number of thiazole rings is 1. The van der Waals surface area contributed by atoms with Gasteiger partial charge in [0.1, 0.15) is 5.01 Å².